The van der Waals surface area contributed by atoms with E-state index in [2.05, 4.69) is 25.7 Å². The monoisotopic (exact) mass is 368 g/mol. The molecular weight excluding hydrogens is 340 g/mol. The fraction of sp³-hybridized carbons (Fsp3) is 0.545. The van der Waals surface area contributed by atoms with Crippen molar-refractivity contribution in [3.8, 4) is 11.8 Å². The molecule has 2 amide bonds. The smallest absolute Gasteiger partial charge is 0.242 e. The van der Waals surface area contributed by atoms with E-state index in [0.29, 0.717) is 18.9 Å². The van der Waals surface area contributed by atoms with E-state index in [1.54, 1.807) is 9.80 Å². The summed E-state index contributed by atoms with van der Waals surface area (Å²) in [6.07, 6.45) is 1.27. The molecule has 3 atom stereocenters. The van der Waals surface area contributed by atoms with Crippen molar-refractivity contribution in [2.24, 2.45) is 5.92 Å². The third kappa shape index (κ3) is 3.86. The van der Waals surface area contributed by atoms with Gasteiger partial charge in [0.15, 0.2) is 0 Å². The number of fused-ring (bicyclic) bond motifs is 1. The molecule has 2 aliphatic heterocycles. The lowest BCUT2D eigenvalue weighted by molar-refractivity contribution is -0.166. The minimum absolute atomic E-state index is 0.00460. The normalized spacial score (nSPS) is 24.2. The number of benzene rings is 1. The number of hydrogen-bond acceptors (Lipinski definition) is 3. The quantitative estimate of drug-likeness (QED) is 0.827. The molecule has 0 aliphatic carbocycles. The molecule has 0 spiro atoms. The molecule has 1 N–H and O–H groups in total. The average Bonchev–Trinajstić information content (AvgIpc) is 2.63. The summed E-state index contributed by atoms with van der Waals surface area (Å²) in [5.74, 6) is 6.90. The van der Waals surface area contributed by atoms with Crippen LogP contribution in [0.3, 0.4) is 0 Å². The third-order valence-electron chi connectivity index (χ3n) is 5.45. The molecule has 2 fully saturated rings. The topological polar surface area (TPSA) is 60.9 Å². The van der Waals surface area contributed by atoms with Gasteiger partial charge in [-0.15, -0.1) is 0 Å². The molecule has 27 heavy (non-hydrogen) atoms. The molecule has 2 aliphatic rings. The summed E-state index contributed by atoms with van der Waals surface area (Å²) in [6.45, 7) is 6.70. The molecule has 5 nitrogen and oxygen atoms in total. The van der Waals surface area contributed by atoms with Crippen LogP contribution in [0.15, 0.2) is 24.3 Å². The maximum atomic E-state index is 12.5. The second-order valence-corrected chi connectivity index (χ2v) is 7.79. The van der Waals surface area contributed by atoms with Gasteiger partial charge in [-0.25, -0.2) is 0 Å². The highest BCUT2D eigenvalue weighted by molar-refractivity contribution is 5.87. The molecule has 5 heteroatoms. The van der Waals surface area contributed by atoms with Gasteiger partial charge in [0, 0.05) is 30.9 Å². The van der Waals surface area contributed by atoms with Gasteiger partial charge in [0.1, 0.15) is 0 Å². The Bertz CT molecular complexity index is 760. The summed E-state index contributed by atoms with van der Waals surface area (Å²) in [4.78, 5) is 27.9. The van der Waals surface area contributed by atoms with Gasteiger partial charge >= 0.3 is 0 Å². The van der Waals surface area contributed by atoms with Crippen LogP contribution < -0.4 is 0 Å². The summed E-state index contributed by atoms with van der Waals surface area (Å²) in [7, 11) is 0. The summed E-state index contributed by atoms with van der Waals surface area (Å²) < 4.78 is 0. The van der Waals surface area contributed by atoms with E-state index in [-0.39, 0.29) is 43.0 Å². The van der Waals surface area contributed by atoms with Gasteiger partial charge in [0.25, 0.3) is 0 Å². The van der Waals surface area contributed by atoms with Crippen molar-refractivity contribution in [1.82, 2.24) is 9.80 Å². The minimum atomic E-state index is -0.209. The molecule has 3 rings (SSSR count). The Hall–Kier alpha value is -2.32. The van der Waals surface area contributed by atoms with E-state index in [1.165, 1.54) is 0 Å². The number of aliphatic hydroxyl groups excluding tert-OH is 1. The third-order valence-corrected chi connectivity index (χ3v) is 5.45. The Labute approximate surface area is 161 Å². The van der Waals surface area contributed by atoms with Crippen LogP contribution in [0.5, 0.6) is 0 Å². The molecule has 0 radical (unpaired) electrons. The number of aliphatic hydroxyl groups is 1. The number of amides is 2. The van der Waals surface area contributed by atoms with E-state index >= 15 is 0 Å². The van der Waals surface area contributed by atoms with Gasteiger partial charge in [-0.05, 0) is 23.6 Å². The standard InChI is InChI=1S/C22H28N2O3/c1-4-20(26)23-12-18-22(19(14-25)24(18)21(27)13-23)17-10-8-16(9-11-17)7-5-6-15(2)3/h8-11,15,18-19,22,25H,4,6,12-14H2,1-3H3/t18-,19-,22-/m1/s1. The van der Waals surface area contributed by atoms with Gasteiger partial charge in [0.2, 0.25) is 11.8 Å². The second-order valence-electron chi connectivity index (χ2n) is 7.79. The Morgan fingerprint density at radius 3 is 2.59 bits per heavy atom. The first-order chi connectivity index (χ1) is 13.0. The number of carbonyl (C=O) groups excluding carboxylic acids is 2. The van der Waals surface area contributed by atoms with Crippen LogP contribution in [-0.2, 0) is 9.59 Å². The van der Waals surface area contributed by atoms with E-state index in [9.17, 15) is 14.7 Å². The SMILES string of the molecule is CCC(=O)N1CC(=O)N2[C@H](CO)[C@H](c3ccc(C#CCC(C)C)cc3)[C@H]2C1. The second kappa shape index (κ2) is 8.14. The van der Waals surface area contributed by atoms with E-state index in [4.69, 9.17) is 0 Å². The predicted octanol–water partition coefficient (Wildman–Crippen LogP) is 1.99. The van der Waals surface area contributed by atoms with Crippen molar-refractivity contribution in [3.63, 3.8) is 0 Å². The van der Waals surface area contributed by atoms with Crippen molar-refractivity contribution in [2.45, 2.75) is 51.6 Å². The Morgan fingerprint density at radius 2 is 2.00 bits per heavy atom. The first kappa shape index (κ1) is 19.4. The maximum absolute atomic E-state index is 12.5. The zero-order valence-electron chi connectivity index (χ0n) is 16.3. The predicted molar refractivity (Wildman–Crippen MR) is 104 cm³/mol. The Morgan fingerprint density at radius 1 is 1.30 bits per heavy atom. The van der Waals surface area contributed by atoms with Crippen molar-refractivity contribution < 1.29 is 14.7 Å². The van der Waals surface area contributed by atoms with Crippen molar-refractivity contribution in [3.05, 3.63) is 35.4 Å². The van der Waals surface area contributed by atoms with Gasteiger partial charge in [-0.2, -0.15) is 0 Å². The van der Waals surface area contributed by atoms with E-state index < -0.39 is 0 Å². The van der Waals surface area contributed by atoms with E-state index in [0.717, 1.165) is 17.5 Å². The van der Waals surface area contributed by atoms with Crippen LogP contribution in [0, 0.1) is 17.8 Å². The summed E-state index contributed by atoms with van der Waals surface area (Å²) in [5.41, 5.74) is 2.06. The number of piperazine rings is 1. The van der Waals surface area contributed by atoms with Gasteiger partial charge in [0.05, 0.1) is 25.2 Å². The van der Waals surface area contributed by atoms with Gasteiger partial charge < -0.3 is 14.9 Å². The lowest BCUT2D eigenvalue weighted by Crippen LogP contribution is -2.73. The average molecular weight is 368 g/mol. The molecule has 2 heterocycles. The summed E-state index contributed by atoms with van der Waals surface area (Å²) in [6, 6.07) is 7.80. The van der Waals surface area contributed by atoms with Crippen LogP contribution in [0.25, 0.3) is 0 Å². The number of rotatable bonds is 4. The number of nitrogens with zero attached hydrogens (tertiary/aromatic N) is 2. The number of carbonyl (C=O) groups is 2. The molecule has 0 bridgehead atoms. The Balaban J connectivity index is 1.77. The first-order valence-electron chi connectivity index (χ1n) is 9.74. The first-order valence-corrected chi connectivity index (χ1v) is 9.74. The maximum Gasteiger partial charge on any atom is 0.242 e. The van der Waals surface area contributed by atoms with Crippen LogP contribution >= 0.6 is 0 Å². The Kier molecular flexibility index (Phi) is 5.86. The van der Waals surface area contributed by atoms with Crippen molar-refractivity contribution in [1.29, 1.82) is 0 Å². The van der Waals surface area contributed by atoms with Gasteiger partial charge in [-0.1, -0.05) is 44.7 Å². The number of hydrogen-bond donors (Lipinski definition) is 1. The highest BCUT2D eigenvalue weighted by Crippen LogP contribution is 2.42. The van der Waals surface area contributed by atoms with Crippen LogP contribution in [-0.4, -0.2) is 58.5 Å². The van der Waals surface area contributed by atoms with Crippen LogP contribution in [0.2, 0.25) is 0 Å². The van der Waals surface area contributed by atoms with E-state index in [1.807, 2.05) is 31.2 Å². The highest BCUT2D eigenvalue weighted by atomic mass is 16.3. The fourth-order valence-electron chi connectivity index (χ4n) is 4.06. The zero-order chi connectivity index (χ0) is 19.6. The van der Waals surface area contributed by atoms with Crippen molar-refractivity contribution >= 4 is 11.8 Å². The molecule has 1 aromatic rings. The molecule has 1 aromatic carbocycles. The van der Waals surface area contributed by atoms with Crippen LogP contribution in [0.4, 0.5) is 0 Å². The minimum Gasteiger partial charge on any atom is -0.394 e. The molecule has 144 valence electrons. The molecule has 0 aromatic heterocycles. The zero-order valence-corrected chi connectivity index (χ0v) is 16.3. The summed E-state index contributed by atoms with van der Waals surface area (Å²) >= 11 is 0. The van der Waals surface area contributed by atoms with Crippen LogP contribution in [0.1, 0.15) is 50.7 Å². The lowest BCUT2D eigenvalue weighted by Gasteiger charge is -2.58. The summed E-state index contributed by atoms with van der Waals surface area (Å²) in [5, 5.41) is 9.82. The largest absolute Gasteiger partial charge is 0.394 e. The lowest BCUT2D eigenvalue weighted by atomic mass is 9.73. The van der Waals surface area contributed by atoms with Gasteiger partial charge in [-0.3, -0.25) is 9.59 Å². The van der Waals surface area contributed by atoms with Crippen molar-refractivity contribution in [2.75, 3.05) is 19.7 Å². The molecule has 2 saturated heterocycles. The fourth-order valence-corrected chi connectivity index (χ4v) is 4.06. The molecule has 0 unspecified atom stereocenters. The molecule has 0 saturated carbocycles. The molecular formula is C22H28N2O3. The highest BCUT2D eigenvalue weighted by Gasteiger charge is 2.54.